The van der Waals surface area contributed by atoms with Crippen molar-refractivity contribution in [1.29, 1.82) is 5.26 Å². The van der Waals surface area contributed by atoms with Gasteiger partial charge in [0.05, 0.1) is 11.6 Å². The van der Waals surface area contributed by atoms with Crippen LogP contribution in [0.2, 0.25) is 0 Å². The number of rotatable bonds is 5. The van der Waals surface area contributed by atoms with Gasteiger partial charge in [-0.05, 0) is 37.5 Å². The summed E-state index contributed by atoms with van der Waals surface area (Å²) in [6.07, 6.45) is 6.33. The minimum absolute atomic E-state index is 0.138. The minimum atomic E-state index is -0.405. The molecule has 0 aliphatic heterocycles. The average molecular weight is 340 g/mol. The summed E-state index contributed by atoms with van der Waals surface area (Å²) in [6.45, 7) is 3.02. The normalized spacial score (nSPS) is 15.6. The van der Waals surface area contributed by atoms with E-state index in [0.717, 1.165) is 23.8 Å². The number of nitrogens with zero attached hydrogens (tertiary/aromatic N) is 2. The fraction of sp³-hybridized carbons (Fsp3) is 0.500. The molecule has 0 saturated heterocycles. The summed E-state index contributed by atoms with van der Waals surface area (Å²) < 4.78 is 5.44. The van der Waals surface area contributed by atoms with Crippen LogP contribution < -0.4 is 5.63 Å². The molecule has 0 bridgehead atoms. The Morgan fingerprint density at radius 2 is 2.08 bits per heavy atom. The van der Waals surface area contributed by atoms with Crippen molar-refractivity contribution >= 4 is 11.0 Å². The molecule has 0 atom stereocenters. The van der Waals surface area contributed by atoms with E-state index in [1.54, 1.807) is 12.1 Å². The lowest BCUT2D eigenvalue weighted by atomic mass is 9.93. The zero-order valence-corrected chi connectivity index (χ0v) is 14.6. The lowest BCUT2D eigenvalue weighted by molar-refractivity contribution is 0.150. The van der Waals surface area contributed by atoms with Gasteiger partial charge < -0.3 is 9.52 Å². The molecule has 0 unspecified atom stereocenters. The molecule has 1 saturated carbocycles. The molecule has 1 aromatic carbocycles. The van der Waals surface area contributed by atoms with E-state index in [9.17, 15) is 9.90 Å². The van der Waals surface area contributed by atoms with Gasteiger partial charge in [-0.3, -0.25) is 4.90 Å². The van der Waals surface area contributed by atoms with E-state index in [-0.39, 0.29) is 5.75 Å². The highest BCUT2D eigenvalue weighted by Crippen LogP contribution is 2.31. The zero-order valence-electron chi connectivity index (χ0n) is 14.6. The summed E-state index contributed by atoms with van der Waals surface area (Å²) in [5.74, 6) is 0.138. The van der Waals surface area contributed by atoms with Crippen LogP contribution in [0.15, 0.2) is 27.4 Å². The van der Waals surface area contributed by atoms with E-state index >= 15 is 0 Å². The van der Waals surface area contributed by atoms with Crippen LogP contribution in [-0.4, -0.2) is 22.6 Å². The quantitative estimate of drug-likeness (QED) is 0.836. The number of aryl methyl sites for hydroxylation is 1. The maximum absolute atomic E-state index is 11.8. The Labute approximate surface area is 147 Å². The zero-order chi connectivity index (χ0) is 17.8. The molecule has 1 fully saturated rings. The largest absolute Gasteiger partial charge is 0.507 e. The smallest absolute Gasteiger partial charge is 0.336 e. The van der Waals surface area contributed by atoms with Crippen LogP contribution in [0.4, 0.5) is 0 Å². The van der Waals surface area contributed by atoms with E-state index in [4.69, 9.17) is 9.68 Å². The highest BCUT2D eigenvalue weighted by atomic mass is 16.4. The van der Waals surface area contributed by atoms with E-state index in [1.807, 2.05) is 6.92 Å². The number of phenolic OH excluding ortho intramolecular Hbond substituents is 1. The van der Waals surface area contributed by atoms with E-state index in [2.05, 4.69) is 11.0 Å². The topological polar surface area (TPSA) is 77.5 Å². The Morgan fingerprint density at radius 1 is 1.32 bits per heavy atom. The molecule has 1 heterocycles. The Morgan fingerprint density at radius 3 is 2.80 bits per heavy atom. The van der Waals surface area contributed by atoms with E-state index in [0.29, 0.717) is 36.7 Å². The van der Waals surface area contributed by atoms with Gasteiger partial charge in [0.1, 0.15) is 11.3 Å². The second-order valence-electron chi connectivity index (χ2n) is 6.86. The van der Waals surface area contributed by atoms with Crippen molar-refractivity contribution in [3.05, 3.63) is 39.7 Å². The summed E-state index contributed by atoms with van der Waals surface area (Å²) in [6, 6.07) is 7.54. The van der Waals surface area contributed by atoms with Gasteiger partial charge in [0.25, 0.3) is 0 Å². The summed E-state index contributed by atoms with van der Waals surface area (Å²) in [4.78, 5) is 14.1. The summed E-state index contributed by atoms with van der Waals surface area (Å²) >= 11 is 0. The van der Waals surface area contributed by atoms with Gasteiger partial charge in [-0.1, -0.05) is 19.3 Å². The highest BCUT2D eigenvalue weighted by Gasteiger charge is 2.23. The number of hydrogen-bond acceptors (Lipinski definition) is 5. The minimum Gasteiger partial charge on any atom is -0.507 e. The highest BCUT2D eigenvalue weighted by molar-refractivity contribution is 5.84. The van der Waals surface area contributed by atoms with Gasteiger partial charge in [0.15, 0.2) is 0 Å². The molecule has 2 aromatic rings. The Bertz CT molecular complexity index is 844. The van der Waals surface area contributed by atoms with Gasteiger partial charge in [-0.25, -0.2) is 4.79 Å². The molecule has 132 valence electrons. The molecule has 5 nitrogen and oxygen atoms in total. The molecule has 0 amide bonds. The second kappa shape index (κ2) is 7.71. The lowest BCUT2D eigenvalue weighted by Crippen LogP contribution is -2.37. The van der Waals surface area contributed by atoms with Crippen molar-refractivity contribution in [2.24, 2.45) is 0 Å². The molecule has 1 aliphatic carbocycles. The first kappa shape index (κ1) is 17.5. The van der Waals surface area contributed by atoms with Crippen LogP contribution in [0.1, 0.15) is 49.7 Å². The molecular weight excluding hydrogens is 316 g/mol. The summed E-state index contributed by atoms with van der Waals surface area (Å²) in [5, 5.41) is 20.2. The predicted molar refractivity (Wildman–Crippen MR) is 96.4 cm³/mol. The van der Waals surface area contributed by atoms with Gasteiger partial charge >= 0.3 is 5.63 Å². The molecule has 3 rings (SSSR count). The van der Waals surface area contributed by atoms with Crippen LogP contribution in [0.25, 0.3) is 11.0 Å². The Hall–Kier alpha value is -2.32. The van der Waals surface area contributed by atoms with E-state index < -0.39 is 5.63 Å². The first-order chi connectivity index (χ1) is 12.1. The maximum Gasteiger partial charge on any atom is 0.336 e. The van der Waals surface area contributed by atoms with Crippen molar-refractivity contribution in [3.8, 4) is 11.8 Å². The predicted octanol–water partition coefficient (Wildman–Crippen LogP) is 3.86. The number of aromatic hydroxyl groups is 1. The first-order valence-corrected chi connectivity index (χ1v) is 8.96. The van der Waals surface area contributed by atoms with Crippen molar-refractivity contribution in [2.75, 3.05) is 6.54 Å². The van der Waals surface area contributed by atoms with Gasteiger partial charge in [0, 0.05) is 37.0 Å². The summed E-state index contributed by atoms with van der Waals surface area (Å²) in [7, 11) is 0. The van der Waals surface area contributed by atoms with Crippen molar-refractivity contribution in [1.82, 2.24) is 4.90 Å². The summed E-state index contributed by atoms with van der Waals surface area (Å²) in [5.41, 5.74) is 1.54. The monoisotopic (exact) mass is 340 g/mol. The number of benzene rings is 1. The van der Waals surface area contributed by atoms with Gasteiger partial charge in [0.2, 0.25) is 0 Å². The van der Waals surface area contributed by atoms with Crippen molar-refractivity contribution in [2.45, 2.75) is 58.0 Å². The molecule has 25 heavy (non-hydrogen) atoms. The Kier molecular flexibility index (Phi) is 5.40. The second-order valence-corrected chi connectivity index (χ2v) is 6.86. The van der Waals surface area contributed by atoms with Gasteiger partial charge in [-0.2, -0.15) is 5.26 Å². The third-order valence-electron chi connectivity index (χ3n) is 5.16. The fourth-order valence-electron chi connectivity index (χ4n) is 3.82. The third-order valence-corrected chi connectivity index (χ3v) is 5.16. The lowest BCUT2D eigenvalue weighted by Gasteiger charge is -2.34. The molecule has 1 aliphatic rings. The van der Waals surface area contributed by atoms with Crippen LogP contribution in [-0.2, 0) is 6.54 Å². The molecule has 0 spiro atoms. The number of nitriles is 1. The Balaban J connectivity index is 1.99. The number of fused-ring (bicyclic) bond motifs is 1. The molecule has 0 radical (unpaired) electrons. The molecular formula is C20H24N2O3. The molecule has 1 aromatic heterocycles. The standard InChI is InChI=1S/C20H24N2O3/c1-14-12-19(24)25-20-16(14)8-9-18(23)17(20)13-22(11-5-10-21)15-6-3-2-4-7-15/h8-9,12,15,23H,2-7,11,13H2,1H3. The van der Waals surface area contributed by atoms with Crippen LogP contribution in [0.3, 0.4) is 0 Å². The van der Waals surface area contributed by atoms with Crippen LogP contribution in [0.5, 0.6) is 5.75 Å². The van der Waals surface area contributed by atoms with Crippen molar-refractivity contribution < 1.29 is 9.52 Å². The third kappa shape index (κ3) is 3.85. The number of hydrogen-bond donors (Lipinski definition) is 1. The fourth-order valence-corrected chi connectivity index (χ4v) is 3.82. The molecule has 1 N–H and O–H groups in total. The van der Waals surface area contributed by atoms with Crippen LogP contribution >= 0.6 is 0 Å². The first-order valence-electron chi connectivity index (χ1n) is 8.96. The average Bonchev–Trinajstić information content (AvgIpc) is 2.61. The number of phenols is 1. The SMILES string of the molecule is Cc1cc(=O)oc2c(CN(CCC#N)C3CCCCC3)c(O)ccc12. The van der Waals surface area contributed by atoms with E-state index in [1.165, 1.54) is 25.3 Å². The van der Waals surface area contributed by atoms with Crippen LogP contribution in [0, 0.1) is 18.3 Å². The van der Waals surface area contributed by atoms with Gasteiger partial charge in [-0.15, -0.1) is 0 Å². The maximum atomic E-state index is 11.8. The molecule has 5 heteroatoms. The van der Waals surface area contributed by atoms with Crippen molar-refractivity contribution in [3.63, 3.8) is 0 Å².